The number of anilines is 3. The van der Waals surface area contributed by atoms with Crippen molar-refractivity contribution in [1.29, 1.82) is 0 Å². The monoisotopic (exact) mass is 363 g/mol. The van der Waals surface area contributed by atoms with Crippen molar-refractivity contribution >= 4 is 52.2 Å². The second-order valence-electron chi connectivity index (χ2n) is 5.37. The zero-order valence-electron chi connectivity index (χ0n) is 12.9. The number of urea groups is 1. The Morgan fingerprint density at radius 2 is 1.75 bits per heavy atom. The van der Waals surface area contributed by atoms with Crippen molar-refractivity contribution in [2.75, 3.05) is 22.1 Å². The minimum absolute atomic E-state index is 0.0740. The molecule has 2 N–H and O–H groups in total. The van der Waals surface area contributed by atoms with Gasteiger partial charge < -0.3 is 15.5 Å². The van der Waals surface area contributed by atoms with Gasteiger partial charge in [0.15, 0.2) is 0 Å². The molecule has 3 rings (SSSR count). The molecule has 124 valence electrons. The van der Waals surface area contributed by atoms with Crippen molar-refractivity contribution in [1.82, 2.24) is 0 Å². The number of fused-ring (bicyclic) bond motifs is 1. The fraction of sp³-hybridized carbons (Fsp3) is 0.176. The van der Waals surface area contributed by atoms with E-state index in [2.05, 4.69) is 10.6 Å². The highest BCUT2D eigenvalue weighted by molar-refractivity contribution is 6.42. The molecule has 24 heavy (non-hydrogen) atoms. The number of hydrogen-bond acceptors (Lipinski definition) is 2. The van der Waals surface area contributed by atoms with Crippen LogP contribution in [-0.2, 0) is 11.2 Å². The van der Waals surface area contributed by atoms with Gasteiger partial charge in [-0.25, -0.2) is 4.79 Å². The third-order valence-corrected chi connectivity index (χ3v) is 4.50. The first kappa shape index (κ1) is 16.6. The summed E-state index contributed by atoms with van der Waals surface area (Å²) in [5.74, 6) is 0.0740. The molecule has 0 aliphatic carbocycles. The van der Waals surface area contributed by atoms with Crippen molar-refractivity contribution in [3.8, 4) is 0 Å². The van der Waals surface area contributed by atoms with E-state index in [1.807, 2.05) is 19.1 Å². The first-order valence-corrected chi connectivity index (χ1v) is 8.20. The number of rotatable bonds is 3. The van der Waals surface area contributed by atoms with Crippen LogP contribution in [0.15, 0.2) is 36.4 Å². The van der Waals surface area contributed by atoms with E-state index in [4.69, 9.17) is 23.2 Å². The number of carbonyl (C=O) groups is 2. The van der Waals surface area contributed by atoms with Gasteiger partial charge in [-0.15, -0.1) is 0 Å². The molecule has 2 aromatic rings. The Morgan fingerprint density at radius 1 is 1.08 bits per heavy atom. The normalized spacial score (nSPS) is 13.0. The highest BCUT2D eigenvalue weighted by atomic mass is 35.5. The van der Waals surface area contributed by atoms with Crippen LogP contribution >= 0.6 is 23.2 Å². The van der Waals surface area contributed by atoms with E-state index in [0.29, 0.717) is 34.4 Å². The predicted octanol–water partition coefficient (Wildman–Crippen LogP) is 4.55. The fourth-order valence-electron chi connectivity index (χ4n) is 2.67. The van der Waals surface area contributed by atoms with Gasteiger partial charge in [0.25, 0.3) is 0 Å². The Hall–Kier alpha value is -2.24. The Balaban J connectivity index is 1.70. The van der Waals surface area contributed by atoms with Crippen LogP contribution in [-0.4, -0.2) is 18.5 Å². The summed E-state index contributed by atoms with van der Waals surface area (Å²) in [7, 11) is 0. The van der Waals surface area contributed by atoms with E-state index in [0.717, 1.165) is 11.3 Å². The van der Waals surface area contributed by atoms with Gasteiger partial charge in [0.05, 0.1) is 16.5 Å². The predicted molar refractivity (Wildman–Crippen MR) is 97.3 cm³/mol. The molecular weight excluding hydrogens is 349 g/mol. The zero-order chi connectivity index (χ0) is 17.3. The Labute approximate surface area is 149 Å². The summed E-state index contributed by atoms with van der Waals surface area (Å²) >= 11 is 11.8. The SMILES string of the molecule is CCN1C(=O)Cc2cc(NC(=O)Nc3ccc(Cl)c(Cl)c3)ccc21. The minimum Gasteiger partial charge on any atom is -0.312 e. The quantitative estimate of drug-likeness (QED) is 0.840. The van der Waals surface area contributed by atoms with E-state index >= 15 is 0 Å². The summed E-state index contributed by atoms with van der Waals surface area (Å²) in [6, 6.07) is 9.88. The molecule has 0 aromatic heterocycles. The van der Waals surface area contributed by atoms with Crippen LogP contribution < -0.4 is 15.5 Å². The molecule has 5 nitrogen and oxygen atoms in total. The number of hydrogen-bond donors (Lipinski definition) is 2. The van der Waals surface area contributed by atoms with Gasteiger partial charge in [-0.3, -0.25) is 4.79 Å². The van der Waals surface area contributed by atoms with Crippen LogP contribution in [0.4, 0.5) is 21.9 Å². The van der Waals surface area contributed by atoms with Crippen LogP contribution in [0.2, 0.25) is 10.0 Å². The zero-order valence-corrected chi connectivity index (χ0v) is 14.4. The highest BCUT2D eigenvalue weighted by Gasteiger charge is 2.25. The second-order valence-corrected chi connectivity index (χ2v) is 6.18. The number of halogens is 2. The Morgan fingerprint density at radius 3 is 2.42 bits per heavy atom. The standard InChI is InChI=1S/C17H15Cl2N3O2/c1-2-22-15-6-4-11(7-10(15)8-16(22)23)20-17(24)21-12-3-5-13(18)14(19)9-12/h3-7,9H,2,8H2,1H3,(H2,20,21,24). The van der Waals surface area contributed by atoms with Crippen molar-refractivity contribution in [3.63, 3.8) is 0 Å². The van der Waals surface area contributed by atoms with Crippen LogP contribution in [0.25, 0.3) is 0 Å². The maximum absolute atomic E-state index is 12.1. The molecule has 0 unspecified atom stereocenters. The molecule has 0 radical (unpaired) electrons. The van der Waals surface area contributed by atoms with Crippen LogP contribution in [0.3, 0.4) is 0 Å². The van der Waals surface area contributed by atoms with Gasteiger partial charge in [0.1, 0.15) is 0 Å². The number of nitrogens with zero attached hydrogens (tertiary/aromatic N) is 1. The van der Waals surface area contributed by atoms with Crippen molar-refractivity contribution in [2.24, 2.45) is 0 Å². The van der Waals surface area contributed by atoms with Gasteiger partial charge in [0.2, 0.25) is 5.91 Å². The lowest BCUT2D eigenvalue weighted by Gasteiger charge is -2.15. The average Bonchev–Trinajstić information content (AvgIpc) is 2.85. The van der Waals surface area contributed by atoms with Gasteiger partial charge in [-0.1, -0.05) is 23.2 Å². The third kappa shape index (κ3) is 3.32. The van der Waals surface area contributed by atoms with Gasteiger partial charge in [0, 0.05) is 23.6 Å². The highest BCUT2D eigenvalue weighted by Crippen LogP contribution is 2.31. The van der Waals surface area contributed by atoms with Gasteiger partial charge >= 0.3 is 6.03 Å². The number of amides is 3. The van der Waals surface area contributed by atoms with Gasteiger partial charge in [-0.2, -0.15) is 0 Å². The summed E-state index contributed by atoms with van der Waals surface area (Å²) in [4.78, 5) is 25.7. The summed E-state index contributed by atoms with van der Waals surface area (Å²) in [6.45, 7) is 2.57. The second kappa shape index (κ2) is 6.71. The van der Waals surface area contributed by atoms with Gasteiger partial charge in [-0.05, 0) is 48.9 Å². The van der Waals surface area contributed by atoms with Crippen molar-refractivity contribution in [3.05, 3.63) is 52.0 Å². The summed E-state index contributed by atoms with van der Waals surface area (Å²) in [5, 5.41) is 6.22. The summed E-state index contributed by atoms with van der Waals surface area (Å²) < 4.78 is 0. The van der Waals surface area contributed by atoms with E-state index < -0.39 is 6.03 Å². The molecule has 1 aliphatic rings. The number of carbonyl (C=O) groups excluding carboxylic acids is 2. The number of nitrogens with one attached hydrogen (secondary N) is 2. The first-order chi connectivity index (χ1) is 11.5. The Kier molecular flexibility index (Phi) is 4.64. The van der Waals surface area contributed by atoms with Crippen LogP contribution in [0.1, 0.15) is 12.5 Å². The molecule has 1 heterocycles. The maximum atomic E-state index is 12.1. The third-order valence-electron chi connectivity index (χ3n) is 3.76. The fourth-order valence-corrected chi connectivity index (χ4v) is 2.97. The molecule has 0 bridgehead atoms. The molecule has 2 aromatic carbocycles. The molecule has 0 atom stereocenters. The lowest BCUT2D eigenvalue weighted by molar-refractivity contribution is -0.117. The lowest BCUT2D eigenvalue weighted by atomic mass is 10.1. The molecule has 1 aliphatic heterocycles. The topological polar surface area (TPSA) is 61.4 Å². The smallest absolute Gasteiger partial charge is 0.312 e. The molecule has 0 spiro atoms. The number of likely N-dealkylation sites (N-methyl/N-ethyl adjacent to an activating group) is 1. The average molecular weight is 364 g/mol. The minimum atomic E-state index is -0.398. The molecule has 0 saturated heterocycles. The molecular formula is C17H15Cl2N3O2. The number of benzene rings is 2. The largest absolute Gasteiger partial charge is 0.323 e. The van der Waals surface area contributed by atoms with E-state index in [-0.39, 0.29) is 5.91 Å². The molecule has 7 heteroatoms. The van der Waals surface area contributed by atoms with E-state index in [1.165, 1.54) is 0 Å². The first-order valence-electron chi connectivity index (χ1n) is 7.44. The van der Waals surface area contributed by atoms with E-state index in [9.17, 15) is 9.59 Å². The molecule has 0 saturated carbocycles. The summed E-state index contributed by atoms with van der Waals surface area (Å²) in [5.41, 5.74) is 2.97. The maximum Gasteiger partial charge on any atom is 0.323 e. The summed E-state index contributed by atoms with van der Waals surface area (Å²) in [6.07, 6.45) is 0.354. The molecule has 0 fully saturated rings. The van der Waals surface area contributed by atoms with Crippen molar-refractivity contribution in [2.45, 2.75) is 13.3 Å². The van der Waals surface area contributed by atoms with Crippen molar-refractivity contribution < 1.29 is 9.59 Å². The lowest BCUT2D eigenvalue weighted by Crippen LogP contribution is -2.25. The Bertz CT molecular complexity index is 823. The van der Waals surface area contributed by atoms with Crippen LogP contribution in [0, 0.1) is 0 Å². The molecule has 3 amide bonds. The van der Waals surface area contributed by atoms with E-state index in [1.54, 1.807) is 29.2 Å². The van der Waals surface area contributed by atoms with Crippen LogP contribution in [0.5, 0.6) is 0 Å².